The predicted octanol–water partition coefficient (Wildman–Crippen LogP) is 2.27. The van der Waals surface area contributed by atoms with Gasteiger partial charge in [0.05, 0.1) is 11.4 Å². The van der Waals surface area contributed by atoms with Gasteiger partial charge < -0.3 is 9.44 Å². The Kier molecular flexibility index (Phi) is 6.21. The summed E-state index contributed by atoms with van der Waals surface area (Å²) in [7, 11) is -2.22. The molecule has 0 aliphatic heterocycles. The first-order valence-corrected chi connectivity index (χ1v) is 8.35. The van der Waals surface area contributed by atoms with Crippen LogP contribution >= 0.6 is 0 Å². The molecule has 0 radical (unpaired) electrons. The summed E-state index contributed by atoms with van der Waals surface area (Å²) >= 11 is 0. The van der Waals surface area contributed by atoms with Gasteiger partial charge in [-0.15, -0.1) is 0 Å². The van der Waals surface area contributed by atoms with Crippen LogP contribution in [0.2, 0.25) is 0 Å². The molecule has 2 unspecified atom stereocenters. The minimum atomic E-state index is -1.14. The van der Waals surface area contributed by atoms with Gasteiger partial charge >= 0.3 is 0 Å². The molecule has 0 fully saturated rings. The van der Waals surface area contributed by atoms with E-state index in [4.69, 9.17) is 0 Å². The van der Waals surface area contributed by atoms with Gasteiger partial charge in [0, 0.05) is 12.0 Å². The topological polar surface area (TPSA) is 58.2 Å². The third-order valence-corrected chi connectivity index (χ3v) is 3.70. The second kappa shape index (κ2) is 7.45. The average Bonchev–Trinajstić information content (AvgIpc) is 2.28. The van der Waals surface area contributed by atoms with Crippen molar-refractivity contribution in [3.05, 3.63) is 24.3 Å². The highest BCUT2D eigenvalue weighted by Gasteiger charge is 2.05. The highest BCUT2D eigenvalue weighted by molar-refractivity contribution is 7.86. The third kappa shape index (κ3) is 5.32. The highest BCUT2D eigenvalue weighted by atomic mass is 32.2. The second-order valence-corrected chi connectivity index (χ2v) is 6.02. The molecule has 1 aromatic carbocycles. The van der Waals surface area contributed by atoms with Crippen molar-refractivity contribution in [2.24, 2.45) is 0 Å². The first kappa shape index (κ1) is 14.2. The maximum Gasteiger partial charge on any atom is 0.117 e. The van der Waals surface area contributed by atoms with Crippen molar-refractivity contribution < 1.29 is 8.42 Å². The molecule has 96 valence electrons. The summed E-state index contributed by atoms with van der Waals surface area (Å²) in [6, 6.07) is 7.32. The van der Waals surface area contributed by atoms with E-state index in [9.17, 15) is 8.42 Å². The predicted molar refractivity (Wildman–Crippen MR) is 75.7 cm³/mol. The number of hydrogen-bond acceptors (Lipinski definition) is 2. The molecule has 1 rings (SSSR count). The van der Waals surface area contributed by atoms with Crippen LogP contribution in [0.3, 0.4) is 0 Å². The Bertz CT molecular complexity index is 410. The van der Waals surface area contributed by atoms with Crippen molar-refractivity contribution in [1.82, 2.24) is 0 Å². The summed E-state index contributed by atoms with van der Waals surface area (Å²) in [4.78, 5) is 0. The van der Waals surface area contributed by atoms with Gasteiger partial charge in [0.1, 0.15) is 22.0 Å². The van der Waals surface area contributed by atoms with E-state index < -0.39 is 22.0 Å². The van der Waals surface area contributed by atoms with Crippen LogP contribution in [0.25, 0.3) is 0 Å². The largest absolute Gasteiger partial charge is 0.303 e. The first-order chi connectivity index (χ1) is 8.13. The molecule has 0 amide bonds. The standard InChI is InChI=1S/C11H18N2O2S2/c1-3-4-9-17(15)13-11-8-6-5-7-10(11)12-16(2)14/h5-8,12-13H,3-4,9H2,1-2H3. The summed E-state index contributed by atoms with van der Waals surface area (Å²) in [5, 5.41) is 0. The summed E-state index contributed by atoms with van der Waals surface area (Å²) in [6.07, 6.45) is 3.51. The zero-order chi connectivity index (χ0) is 12.7. The Morgan fingerprint density at radius 3 is 2.24 bits per heavy atom. The van der Waals surface area contributed by atoms with Crippen molar-refractivity contribution in [3.8, 4) is 0 Å². The molecule has 0 saturated heterocycles. The minimum absolute atomic E-state index is 0.625. The number of anilines is 2. The van der Waals surface area contributed by atoms with Gasteiger partial charge in [-0.1, -0.05) is 25.5 Å². The Morgan fingerprint density at radius 2 is 1.71 bits per heavy atom. The molecular formula is C11H18N2O2S2. The molecule has 0 heterocycles. The maximum atomic E-state index is 11.7. The Morgan fingerprint density at radius 1 is 1.12 bits per heavy atom. The van der Waals surface area contributed by atoms with Crippen molar-refractivity contribution in [2.45, 2.75) is 19.8 Å². The van der Waals surface area contributed by atoms with E-state index >= 15 is 0 Å². The molecule has 2 atom stereocenters. The van der Waals surface area contributed by atoms with E-state index in [1.54, 1.807) is 12.3 Å². The lowest BCUT2D eigenvalue weighted by Gasteiger charge is -2.11. The Labute approximate surface area is 107 Å². The minimum Gasteiger partial charge on any atom is -0.303 e. The van der Waals surface area contributed by atoms with E-state index in [0.717, 1.165) is 18.5 Å². The average molecular weight is 274 g/mol. The Balaban J connectivity index is 2.69. The van der Waals surface area contributed by atoms with Crippen molar-refractivity contribution in [3.63, 3.8) is 0 Å². The number of unbranched alkanes of at least 4 members (excludes halogenated alkanes) is 1. The molecule has 0 aliphatic rings. The van der Waals surface area contributed by atoms with Crippen molar-refractivity contribution in [1.29, 1.82) is 0 Å². The van der Waals surface area contributed by atoms with Crippen LogP contribution in [0.4, 0.5) is 11.4 Å². The van der Waals surface area contributed by atoms with Gasteiger partial charge in [-0.2, -0.15) is 0 Å². The quantitative estimate of drug-likeness (QED) is 0.801. The molecule has 0 aliphatic carbocycles. The van der Waals surface area contributed by atoms with Gasteiger partial charge in [0.2, 0.25) is 0 Å². The normalized spacial score (nSPS) is 14.0. The fraction of sp³-hybridized carbons (Fsp3) is 0.455. The summed E-state index contributed by atoms with van der Waals surface area (Å²) in [5.41, 5.74) is 1.43. The van der Waals surface area contributed by atoms with E-state index in [0.29, 0.717) is 11.4 Å². The lowest BCUT2D eigenvalue weighted by molar-refractivity contribution is 0.682. The van der Waals surface area contributed by atoms with Gasteiger partial charge in [0.25, 0.3) is 0 Å². The number of nitrogens with one attached hydrogen (secondary N) is 2. The fourth-order valence-electron chi connectivity index (χ4n) is 1.27. The van der Waals surface area contributed by atoms with Crippen LogP contribution in [0.1, 0.15) is 19.8 Å². The van der Waals surface area contributed by atoms with Crippen LogP contribution in [-0.4, -0.2) is 20.4 Å². The first-order valence-electron chi connectivity index (χ1n) is 5.47. The van der Waals surface area contributed by atoms with Crippen molar-refractivity contribution >= 4 is 33.3 Å². The fourth-order valence-corrected chi connectivity index (χ4v) is 2.83. The number of benzene rings is 1. The highest BCUT2D eigenvalue weighted by Crippen LogP contribution is 2.21. The third-order valence-electron chi connectivity index (χ3n) is 2.09. The molecule has 17 heavy (non-hydrogen) atoms. The van der Waals surface area contributed by atoms with Gasteiger partial charge in [-0.25, -0.2) is 8.42 Å². The lowest BCUT2D eigenvalue weighted by Crippen LogP contribution is -2.11. The molecule has 6 heteroatoms. The van der Waals surface area contributed by atoms with E-state index in [2.05, 4.69) is 16.4 Å². The number of hydrogen-bond donors (Lipinski definition) is 2. The van der Waals surface area contributed by atoms with Crippen LogP contribution in [0.5, 0.6) is 0 Å². The smallest absolute Gasteiger partial charge is 0.117 e. The molecule has 4 nitrogen and oxygen atoms in total. The van der Waals surface area contributed by atoms with E-state index in [-0.39, 0.29) is 0 Å². The number of para-hydroxylation sites is 2. The number of rotatable bonds is 7. The summed E-state index contributed by atoms with van der Waals surface area (Å²) in [6.45, 7) is 2.06. The molecule has 0 aromatic heterocycles. The van der Waals surface area contributed by atoms with Gasteiger partial charge in [-0.05, 0) is 18.6 Å². The molecule has 1 aromatic rings. The molecule has 0 bridgehead atoms. The van der Waals surface area contributed by atoms with E-state index in [1.165, 1.54) is 0 Å². The Hall–Kier alpha value is -0.880. The lowest BCUT2D eigenvalue weighted by atomic mass is 10.3. The SMILES string of the molecule is CCCCS(=O)Nc1ccccc1NS(C)=O. The molecule has 0 spiro atoms. The van der Waals surface area contributed by atoms with Crippen LogP contribution in [0.15, 0.2) is 24.3 Å². The van der Waals surface area contributed by atoms with E-state index in [1.807, 2.05) is 18.2 Å². The van der Waals surface area contributed by atoms with Gasteiger partial charge in [-0.3, -0.25) is 0 Å². The van der Waals surface area contributed by atoms with Crippen LogP contribution in [0, 0.1) is 0 Å². The van der Waals surface area contributed by atoms with Crippen LogP contribution < -0.4 is 9.44 Å². The van der Waals surface area contributed by atoms with Crippen LogP contribution in [-0.2, 0) is 22.0 Å². The molecular weight excluding hydrogens is 256 g/mol. The zero-order valence-electron chi connectivity index (χ0n) is 10.1. The summed E-state index contributed by atoms with van der Waals surface area (Å²) < 4.78 is 28.6. The zero-order valence-corrected chi connectivity index (χ0v) is 11.7. The molecule has 0 saturated carbocycles. The van der Waals surface area contributed by atoms with Gasteiger partial charge in [0.15, 0.2) is 0 Å². The monoisotopic (exact) mass is 274 g/mol. The summed E-state index contributed by atoms with van der Waals surface area (Å²) in [5.74, 6) is 0.625. The second-order valence-electron chi connectivity index (χ2n) is 3.61. The maximum absolute atomic E-state index is 11.7. The molecule has 2 N–H and O–H groups in total. The van der Waals surface area contributed by atoms with Crippen molar-refractivity contribution in [2.75, 3.05) is 21.5 Å².